The maximum atomic E-state index is 6.36. The molecule has 2 N–H and O–H groups in total. The lowest BCUT2D eigenvalue weighted by Gasteiger charge is -2.31. The first-order chi connectivity index (χ1) is 7.08. The van der Waals surface area contributed by atoms with E-state index in [4.69, 9.17) is 5.73 Å². The lowest BCUT2D eigenvalue weighted by Crippen LogP contribution is -2.49. The van der Waals surface area contributed by atoms with Gasteiger partial charge in [0.15, 0.2) is 0 Å². The van der Waals surface area contributed by atoms with Crippen molar-refractivity contribution in [2.75, 3.05) is 20.1 Å². The highest BCUT2D eigenvalue weighted by atomic mass is 15.1. The van der Waals surface area contributed by atoms with Crippen molar-refractivity contribution in [3.05, 3.63) is 0 Å². The van der Waals surface area contributed by atoms with Gasteiger partial charge in [0.2, 0.25) is 0 Å². The van der Waals surface area contributed by atoms with E-state index in [9.17, 15) is 0 Å². The number of nitrogens with two attached hydrogens (primary N) is 1. The third kappa shape index (κ3) is 3.18. The van der Waals surface area contributed by atoms with Gasteiger partial charge in [0, 0.05) is 18.6 Å². The lowest BCUT2D eigenvalue weighted by molar-refractivity contribution is 0.211. The second-order valence-electron chi connectivity index (χ2n) is 6.13. The van der Waals surface area contributed by atoms with Gasteiger partial charge in [-0.3, -0.25) is 0 Å². The third-order valence-electron chi connectivity index (χ3n) is 4.17. The molecule has 88 valence electrons. The molecule has 0 heterocycles. The zero-order valence-corrected chi connectivity index (χ0v) is 10.3. The van der Waals surface area contributed by atoms with Gasteiger partial charge in [0.05, 0.1) is 0 Å². The van der Waals surface area contributed by atoms with Gasteiger partial charge in [0.25, 0.3) is 0 Å². The summed E-state index contributed by atoms with van der Waals surface area (Å²) in [6, 6.07) is 0. The first-order valence-corrected chi connectivity index (χ1v) is 6.55. The van der Waals surface area contributed by atoms with Crippen molar-refractivity contribution in [1.29, 1.82) is 0 Å². The van der Waals surface area contributed by atoms with Crippen LogP contribution in [0.4, 0.5) is 0 Å². The minimum atomic E-state index is 0.0629. The van der Waals surface area contributed by atoms with Gasteiger partial charge in [-0.25, -0.2) is 0 Å². The van der Waals surface area contributed by atoms with Crippen LogP contribution in [0.1, 0.15) is 45.4 Å². The molecule has 0 aromatic heterocycles. The summed E-state index contributed by atoms with van der Waals surface area (Å²) in [6.45, 7) is 4.57. The number of hydrogen-bond acceptors (Lipinski definition) is 2. The van der Waals surface area contributed by atoms with Crippen LogP contribution in [0.5, 0.6) is 0 Å². The topological polar surface area (TPSA) is 29.3 Å². The monoisotopic (exact) mass is 210 g/mol. The number of hydrogen-bond donors (Lipinski definition) is 1. The van der Waals surface area contributed by atoms with E-state index in [1.807, 2.05) is 0 Å². The van der Waals surface area contributed by atoms with Crippen LogP contribution < -0.4 is 5.73 Å². The highest BCUT2D eigenvalue weighted by Crippen LogP contribution is 2.38. The Kier molecular flexibility index (Phi) is 3.36. The van der Waals surface area contributed by atoms with Crippen LogP contribution >= 0.6 is 0 Å². The summed E-state index contributed by atoms with van der Waals surface area (Å²) in [5.74, 6) is 1.74. The summed E-state index contributed by atoms with van der Waals surface area (Å²) in [7, 11) is 2.24. The molecule has 0 aromatic carbocycles. The van der Waals surface area contributed by atoms with Crippen molar-refractivity contribution < 1.29 is 0 Å². The average Bonchev–Trinajstić information content (AvgIpc) is 2.88. The predicted octanol–water partition coefficient (Wildman–Crippen LogP) is 2.24. The van der Waals surface area contributed by atoms with Crippen LogP contribution in [0.2, 0.25) is 0 Å². The highest BCUT2D eigenvalue weighted by molar-refractivity contribution is 4.97. The SMILES string of the molecule is CN(CC1CCCC1)CC(C)(N)C1CC1. The van der Waals surface area contributed by atoms with Gasteiger partial charge in [-0.2, -0.15) is 0 Å². The molecule has 2 heteroatoms. The fraction of sp³-hybridized carbons (Fsp3) is 1.00. The first kappa shape index (κ1) is 11.4. The smallest absolute Gasteiger partial charge is 0.0283 e. The fourth-order valence-electron chi connectivity index (χ4n) is 3.15. The zero-order valence-electron chi connectivity index (χ0n) is 10.3. The summed E-state index contributed by atoms with van der Waals surface area (Å²) >= 11 is 0. The van der Waals surface area contributed by atoms with Crippen molar-refractivity contribution in [3.8, 4) is 0 Å². The molecule has 0 saturated heterocycles. The fourth-order valence-corrected chi connectivity index (χ4v) is 3.15. The molecule has 2 aliphatic rings. The largest absolute Gasteiger partial charge is 0.324 e. The van der Waals surface area contributed by atoms with Gasteiger partial charge in [-0.1, -0.05) is 12.8 Å². The van der Waals surface area contributed by atoms with E-state index in [0.29, 0.717) is 0 Å². The Morgan fingerprint density at radius 2 is 1.80 bits per heavy atom. The average molecular weight is 210 g/mol. The maximum absolute atomic E-state index is 6.36. The zero-order chi connectivity index (χ0) is 10.9. The maximum Gasteiger partial charge on any atom is 0.0283 e. The summed E-state index contributed by atoms with van der Waals surface area (Å²) in [6.07, 6.45) is 8.47. The van der Waals surface area contributed by atoms with Crippen LogP contribution in [0.3, 0.4) is 0 Å². The van der Waals surface area contributed by atoms with Crippen LogP contribution in [0.15, 0.2) is 0 Å². The van der Waals surface area contributed by atoms with Gasteiger partial charge in [-0.05, 0) is 51.5 Å². The molecule has 1 unspecified atom stereocenters. The molecule has 0 spiro atoms. The molecule has 15 heavy (non-hydrogen) atoms. The van der Waals surface area contributed by atoms with Crippen molar-refractivity contribution in [3.63, 3.8) is 0 Å². The molecule has 0 amide bonds. The summed E-state index contributed by atoms with van der Waals surface area (Å²) in [5.41, 5.74) is 6.42. The molecular weight excluding hydrogens is 184 g/mol. The number of nitrogens with zero attached hydrogens (tertiary/aromatic N) is 1. The Hall–Kier alpha value is -0.0800. The van der Waals surface area contributed by atoms with Crippen molar-refractivity contribution in [2.45, 2.75) is 51.0 Å². The van der Waals surface area contributed by atoms with E-state index < -0.39 is 0 Å². The molecule has 2 nitrogen and oxygen atoms in total. The molecule has 0 bridgehead atoms. The summed E-state index contributed by atoms with van der Waals surface area (Å²) in [5, 5.41) is 0. The van der Waals surface area contributed by atoms with Crippen LogP contribution in [-0.4, -0.2) is 30.6 Å². The lowest BCUT2D eigenvalue weighted by atomic mass is 9.96. The molecule has 0 aromatic rings. The van der Waals surface area contributed by atoms with Crippen LogP contribution in [-0.2, 0) is 0 Å². The first-order valence-electron chi connectivity index (χ1n) is 6.55. The molecule has 0 radical (unpaired) electrons. The van der Waals surface area contributed by atoms with Gasteiger partial charge < -0.3 is 10.6 Å². The highest BCUT2D eigenvalue weighted by Gasteiger charge is 2.39. The van der Waals surface area contributed by atoms with Crippen molar-refractivity contribution in [2.24, 2.45) is 17.6 Å². The third-order valence-corrected chi connectivity index (χ3v) is 4.17. The molecule has 2 rings (SSSR count). The van der Waals surface area contributed by atoms with Gasteiger partial charge in [-0.15, -0.1) is 0 Å². The molecule has 1 atom stereocenters. The minimum Gasteiger partial charge on any atom is -0.324 e. The second kappa shape index (κ2) is 4.42. The Morgan fingerprint density at radius 3 is 2.33 bits per heavy atom. The van der Waals surface area contributed by atoms with Gasteiger partial charge in [0.1, 0.15) is 0 Å². The van der Waals surface area contributed by atoms with E-state index in [1.165, 1.54) is 45.1 Å². The molecule has 2 saturated carbocycles. The number of rotatable bonds is 5. The Morgan fingerprint density at radius 1 is 1.20 bits per heavy atom. The van der Waals surface area contributed by atoms with Crippen molar-refractivity contribution >= 4 is 0 Å². The molecule has 0 aliphatic heterocycles. The normalized spacial score (nSPS) is 27.2. The van der Waals surface area contributed by atoms with Crippen LogP contribution in [0.25, 0.3) is 0 Å². The molecule has 2 fully saturated rings. The molecular formula is C13H26N2. The van der Waals surface area contributed by atoms with Crippen molar-refractivity contribution in [1.82, 2.24) is 4.90 Å². The van der Waals surface area contributed by atoms with E-state index in [0.717, 1.165) is 18.4 Å². The second-order valence-corrected chi connectivity index (χ2v) is 6.13. The standard InChI is InChI=1S/C13H26N2/c1-13(14,12-7-8-12)10-15(2)9-11-5-3-4-6-11/h11-12H,3-10,14H2,1-2H3. The predicted molar refractivity (Wildman–Crippen MR) is 64.8 cm³/mol. The summed E-state index contributed by atoms with van der Waals surface area (Å²) in [4.78, 5) is 2.47. The van der Waals surface area contributed by atoms with E-state index in [2.05, 4.69) is 18.9 Å². The van der Waals surface area contributed by atoms with Gasteiger partial charge >= 0.3 is 0 Å². The Labute approximate surface area is 94.2 Å². The Balaban J connectivity index is 1.73. The molecule has 2 aliphatic carbocycles. The quantitative estimate of drug-likeness (QED) is 0.754. The minimum absolute atomic E-state index is 0.0629. The Bertz CT molecular complexity index is 203. The van der Waals surface area contributed by atoms with E-state index >= 15 is 0 Å². The van der Waals surface area contributed by atoms with E-state index in [-0.39, 0.29) is 5.54 Å². The summed E-state index contributed by atoms with van der Waals surface area (Å²) < 4.78 is 0. The van der Waals surface area contributed by atoms with E-state index in [1.54, 1.807) is 0 Å². The van der Waals surface area contributed by atoms with Crippen LogP contribution in [0, 0.1) is 11.8 Å². The number of likely N-dealkylation sites (N-methyl/N-ethyl adjacent to an activating group) is 1.